The smallest absolute Gasteiger partial charge is 0.158 e. The molecule has 0 saturated carbocycles. The molecule has 0 radical (unpaired) electrons. The molecule has 5 heteroatoms. The molecule has 2 aromatic rings. The number of nitrogens with zero attached hydrogens (tertiary/aromatic N) is 2. The van der Waals surface area contributed by atoms with Crippen LogP contribution in [-0.4, -0.2) is 23.6 Å². The van der Waals surface area contributed by atoms with Crippen molar-refractivity contribution >= 4 is 11.6 Å². The van der Waals surface area contributed by atoms with Crippen LogP contribution in [0.4, 0.5) is 11.6 Å². The van der Waals surface area contributed by atoms with Crippen molar-refractivity contribution in [2.45, 2.75) is 19.4 Å². The van der Waals surface area contributed by atoms with Crippen molar-refractivity contribution in [3.05, 3.63) is 47.8 Å². The van der Waals surface area contributed by atoms with Gasteiger partial charge in [-0.05, 0) is 11.5 Å². The molecule has 0 amide bonds. The molecule has 0 spiro atoms. The number of nitrogens with two attached hydrogens (primary N) is 1. The van der Waals surface area contributed by atoms with Gasteiger partial charge in [0.1, 0.15) is 18.2 Å². The maximum atomic E-state index is 5.76. The highest BCUT2D eigenvalue weighted by molar-refractivity contribution is 5.45. The van der Waals surface area contributed by atoms with E-state index in [0.717, 1.165) is 12.4 Å². The lowest BCUT2D eigenvalue weighted by Gasteiger charge is -2.14. The fraction of sp³-hybridized carbons (Fsp3) is 0.333. The van der Waals surface area contributed by atoms with Crippen molar-refractivity contribution in [1.82, 2.24) is 9.97 Å². The molecule has 3 N–H and O–H groups in total. The Kier molecular flexibility index (Phi) is 4.90. The van der Waals surface area contributed by atoms with E-state index in [1.165, 1.54) is 5.56 Å². The molecule has 0 fully saturated rings. The standard InChI is InChI=1S/C15H20N4O/c1-11(12-6-4-3-5-7-12)9-17-14-8-13(16)18-15(19-14)10-20-2/h3-8,11H,9-10H2,1-2H3,(H3,16,17,18,19). The lowest BCUT2D eigenvalue weighted by Crippen LogP contribution is -2.12. The largest absolute Gasteiger partial charge is 0.384 e. The Bertz CT molecular complexity index is 545. The van der Waals surface area contributed by atoms with Crippen LogP contribution in [0.25, 0.3) is 0 Å². The number of hydrogen-bond acceptors (Lipinski definition) is 5. The van der Waals surface area contributed by atoms with Crippen molar-refractivity contribution in [2.75, 3.05) is 24.7 Å². The Morgan fingerprint density at radius 2 is 2.00 bits per heavy atom. The molecule has 106 valence electrons. The molecule has 1 aromatic carbocycles. The summed E-state index contributed by atoms with van der Waals surface area (Å²) in [5.41, 5.74) is 7.05. The number of rotatable bonds is 6. The Balaban J connectivity index is 2.00. The van der Waals surface area contributed by atoms with Crippen molar-refractivity contribution in [3.8, 4) is 0 Å². The van der Waals surface area contributed by atoms with Gasteiger partial charge in [0.25, 0.3) is 0 Å². The molecule has 0 aliphatic heterocycles. The average Bonchev–Trinajstić information content (AvgIpc) is 2.45. The summed E-state index contributed by atoms with van der Waals surface area (Å²) in [6, 6.07) is 12.1. The fourth-order valence-electron chi connectivity index (χ4n) is 1.96. The molecular formula is C15H20N4O. The first kappa shape index (κ1) is 14.3. The van der Waals surface area contributed by atoms with E-state index in [0.29, 0.717) is 24.2 Å². The van der Waals surface area contributed by atoms with Gasteiger partial charge in [-0.25, -0.2) is 9.97 Å². The van der Waals surface area contributed by atoms with Gasteiger partial charge < -0.3 is 15.8 Å². The lowest BCUT2D eigenvalue weighted by atomic mass is 10.0. The molecule has 0 aliphatic carbocycles. The zero-order valence-corrected chi connectivity index (χ0v) is 11.8. The van der Waals surface area contributed by atoms with E-state index in [9.17, 15) is 0 Å². The van der Waals surface area contributed by atoms with Crippen molar-refractivity contribution in [1.29, 1.82) is 0 Å². The van der Waals surface area contributed by atoms with Gasteiger partial charge in [0, 0.05) is 19.7 Å². The number of nitrogen functional groups attached to an aromatic ring is 1. The van der Waals surface area contributed by atoms with Gasteiger partial charge in [0.05, 0.1) is 0 Å². The SMILES string of the molecule is COCc1nc(N)cc(NCC(C)c2ccccc2)n1. The van der Waals surface area contributed by atoms with E-state index < -0.39 is 0 Å². The zero-order chi connectivity index (χ0) is 14.4. The van der Waals surface area contributed by atoms with Crippen molar-refractivity contribution in [3.63, 3.8) is 0 Å². The molecule has 1 unspecified atom stereocenters. The summed E-state index contributed by atoms with van der Waals surface area (Å²) in [4.78, 5) is 8.47. The first-order chi connectivity index (χ1) is 9.69. The summed E-state index contributed by atoms with van der Waals surface area (Å²) in [6.07, 6.45) is 0. The molecule has 0 saturated heterocycles. The summed E-state index contributed by atoms with van der Waals surface area (Å²) in [5.74, 6) is 2.15. The maximum absolute atomic E-state index is 5.76. The van der Waals surface area contributed by atoms with Crippen LogP contribution in [-0.2, 0) is 11.3 Å². The minimum Gasteiger partial charge on any atom is -0.384 e. The molecule has 2 rings (SSSR count). The van der Waals surface area contributed by atoms with Gasteiger partial charge in [0.15, 0.2) is 5.82 Å². The van der Waals surface area contributed by atoms with Gasteiger partial charge in [0.2, 0.25) is 0 Å². The number of hydrogen-bond donors (Lipinski definition) is 2. The third-order valence-electron chi connectivity index (χ3n) is 3.02. The van der Waals surface area contributed by atoms with Gasteiger partial charge in [-0.3, -0.25) is 0 Å². The second-order valence-corrected chi connectivity index (χ2v) is 4.72. The number of ether oxygens (including phenoxy) is 1. The van der Waals surface area contributed by atoms with Crippen LogP contribution in [0.3, 0.4) is 0 Å². The molecule has 0 bridgehead atoms. The zero-order valence-electron chi connectivity index (χ0n) is 11.8. The van der Waals surface area contributed by atoms with E-state index in [1.807, 2.05) is 18.2 Å². The number of nitrogens with one attached hydrogen (secondary N) is 1. The first-order valence-electron chi connectivity index (χ1n) is 6.60. The van der Waals surface area contributed by atoms with Crippen LogP contribution in [0.1, 0.15) is 24.2 Å². The monoisotopic (exact) mass is 272 g/mol. The summed E-state index contributed by atoms with van der Waals surface area (Å²) in [7, 11) is 1.61. The first-order valence-corrected chi connectivity index (χ1v) is 6.60. The molecule has 5 nitrogen and oxygen atoms in total. The van der Waals surface area contributed by atoms with Gasteiger partial charge in [-0.2, -0.15) is 0 Å². The molecule has 1 atom stereocenters. The van der Waals surface area contributed by atoms with Crippen molar-refractivity contribution in [2.24, 2.45) is 0 Å². The van der Waals surface area contributed by atoms with Gasteiger partial charge >= 0.3 is 0 Å². The number of benzene rings is 1. The molecule has 1 aromatic heterocycles. The fourth-order valence-corrected chi connectivity index (χ4v) is 1.96. The Labute approximate surface area is 119 Å². The van der Waals surface area contributed by atoms with E-state index in [4.69, 9.17) is 10.5 Å². The average molecular weight is 272 g/mol. The normalized spacial score (nSPS) is 12.1. The highest BCUT2D eigenvalue weighted by Gasteiger charge is 2.07. The lowest BCUT2D eigenvalue weighted by molar-refractivity contribution is 0.178. The maximum Gasteiger partial charge on any atom is 0.158 e. The minimum atomic E-state index is 0.355. The quantitative estimate of drug-likeness (QED) is 0.845. The third-order valence-corrected chi connectivity index (χ3v) is 3.02. The van der Waals surface area contributed by atoms with Crippen LogP contribution >= 0.6 is 0 Å². The van der Waals surface area contributed by atoms with E-state index in [2.05, 4.69) is 34.3 Å². The topological polar surface area (TPSA) is 73.1 Å². The molecule has 20 heavy (non-hydrogen) atoms. The number of aromatic nitrogens is 2. The van der Waals surface area contributed by atoms with Gasteiger partial charge in [-0.1, -0.05) is 37.3 Å². The van der Waals surface area contributed by atoms with Gasteiger partial charge in [-0.15, -0.1) is 0 Å². The van der Waals surface area contributed by atoms with E-state index >= 15 is 0 Å². The second-order valence-electron chi connectivity index (χ2n) is 4.72. The molecule has 0 aliphatic rings. The van der Waals surface area contributed by atoms with Crippen LogP contribution in [0.15, 0.2) is 36.4 Å². The summed E-state index contributed by atoms with van der Waals surface area (Å²) in [5, 5.41) is 3.30. The summed E-state index contributed by atoms with van der Waals surface area (Å²) < 4.78 is 5.02. The molecular weight excluding hydrogens is 252 g/mol. The highest BCUT2D eigenvalue weighted by Crippen LogP contribution is 2.16. The second kappa shape index (κ2) is 6.86. The Hall–Kier alpha value is -2.14. The van der Waals surface area contributed by atoms with Crippen LogP contribution < -0.4 is 11.1 Å². The van der Waals surface area contributed by atoms with Crippen LogP contribution in [0.5, 0.6) is 0 Å². The predicted molar refractivity (Wildman–Crippen MR) is 80.5 cm³/mol. The number of anilines is 2. The number of methoxy groups -OCH3 is 1. The van der Waals surface area contributed by atoms with Crippen LogP contribution in [0.2, 0.25) is 0 Å². The van der Waals surface area contributed by atoms with Crippen molar-refractivity contribution < 1.29 is 4.74 Å². The minimum absolute atomic E-state index is 0.355. The van der Waals surface area contributed by atoms with E-state index in [-0.39, 0.29) is 0 Å². The Morgan fingerprint density at radius 1 is 1.25 bits per heavy atom. The summed E-state index contributed by atoms with van der Waals surface area (Å²) in [6.45, 7) is 3.31. The highest BCUT2D eigenvalue weighted by atomic mass is 16.5. The molecule has 1 heterocycles. The Morgan fingerprint density at radius 3 is 2.70 bits per heavy atom. The summed E-state index contributed by atoms with van der Waals surface area (Å²) >= 11 is 0. The van der Waals surface area contributed by atoms with Crippen LogP contribution in [0, 0.1) is 0 Å². The third kappa shape index (κ3) is 3.93. The predicted octanol–water partition coefficient (Wildman–Crippen LogP) is 2.42. The van der Waals surface area contributed by atoms with E-state index in [1.54, 1.807) is 13.2 Å².